The van der Waals surface area contributed by atoms with E-state index < -0.39 is 10.8 Å². The summed E-state index contributed by atoms with van der Waals surface area (Å²) in [7, 11) is 1.34. The third-order valence-electron chi connectivity index (χ3n) is 4.58. The molecule has 0 aromatic heterocycles. The van der Waals surface area contributed by atoms with Crippen molar-refractivity contribution < 1.29 is 19.2 Å². The molecule has 2 amide bonds. The van der Waals surface area contributed by atoms with Crippen LogP contribution in [0.5, 0.6) is 0 Å². The first-order chi connectivity index (χ1) is 12.9. The Morgan fingerprint density at radius 2 is 1.96 bits per heavy atom. The van der Waals surface area contributed by atoms with Crippen LogP contribution in [-0.4, -0.2) is 35.5 Å². The molecule has 0 fully saturated rings. The first-order valence-corrected chi connectivity index (χ1v) is 8.40. The molecule has 1 aliphatic heterocycles. The van der Waals surface area contributed by atoms with Crippen molar-refractivity contribution in [2.45, 2.75) is 19.9 Å². The van der Waals surface area contributed by atoms with E-state index in [1.807, 2.05) is 12.1 Å². The second-order valence-electron chi connectivity index (χ2n) is 6.34. The van der Waals surface area contributed by atoms with E-state index in [0.29, 0.717) is 30.8 Å². The lowest BCUT2D eigenvalue weighted by atomic mass is 9.99. The number of hydrogen-bond acceptors (Lipinski definition) is 5. The summed E-state index contributed by atoms with van der Waals surface area (Å²) in [5, 5.41) is 13.8. The quantitative estimate of drug-likeness (QED) is 0.661. The summed E-state index contributed by atoms with van der Waals surface area (Å²) in [6, 6.07) is 9.88. The maximum atomic E-state index is 12.5. The highest BCUT2D eigenvalue weighted by Gasteiger charge is 2.22. The Kier molecular flexibility index (Phi) is 5.07. The number of benzene rings is 2. The summed E-state index contributed by atoms with van der Waals surface area (Å²) in [5.41, 5.74) is 3.21. The van der Waals surface area contributed by atoms with Gasteiger partial charge in [0.15, 0.2) is 0 Å². The van der Waals surface area contributed by atoms with Gasteiger partial charge in [-0.2, -0.15) is 0 Å². The third-order valence-corrected chi connectivity index (χ3v) is 4.58. The molecule has 140 valence electrons. The van der Waals surface area contributed by atoms with Crippen molar-refractivity contribution in [1.29, 1.82) is 0 Å². The fourth-order valence-electron chi connectivity index (χ4n) is 3.07. The van der Waals surface area contributed by atoms with Gasteiger partial charge in [-0.15, -0.1) is 0 Å². The van der Waals surface area contributed by atoms with Crippen LogP contribution in [0.1, 0.15) is 27.0 Å². The Balaban J connectivity index is 1.79. The molecule has 0 saturated carbocycles. The van der Waals surface area contributed by atoms with Crippen LogP contribution in [0, 0.1) is 17.0 Å². The number of nitrogens with zero attached hydrogens (tertiary/aromatic N) is 2. The Hall–Kier alpha value is -3.42. The number of aryl methyl sites for hydroxylation is 1. The zero-order valence-electron chi connectivity index (χ0n) is 15.0. The van der Waals surface area contributed by atoms with E-state index >= 15 is 0 Å². The standard InChI is InChI=1S/C19H19N3O5/c1-12-3-4-14(10-17(12)22(25)26)18(23)20-16-6-5-13-7-8-21(19(24)27-2)11-15(13)9-16/h3-6,9-10H,7-8,11H2,1-2H3,(H,20,23). The normalized spacial score (nSPS) is 12.9. The Labute approximate surface area is 155 Å². The molecule has 0 radical (unpaired) electrons. The average molecular weight is 369 g/mol. The fourth-order valence-corrected chi connectivity index (χ4v) is 3.07. The molecule has 0 bridgehead atoms. The monoisotopic (exact) mass is 369 g/mol. The Morgan fingerprint density at radius 3 is 2.67 bits per heavy atom. The number of rotatable bonds is 3. The van der Waals surface area contributed by atoms with Crippen LogP contribution >= 0.6 is 0 Å². The number of carbonyl (C=O) groups is 2. The maximum absolute atomic E-state index is 12.5. The van der Waals surface area contributed by atoms with E-state index in [1.54, 1.807) is 30.0 Å². The van der Waals surface area contributed by atoms with Gasteiger partial charge in [0.05, 0.1) is 12.0 Å². The highest BCUT2D eigenvalue weighted by molar-refractivity contribution is 6.04. The lowest BCUT2D eigenvalue weighted by molar-refractivity contribution is -0.385. The van der Waals surface area contributed by atoms with Crippen LogP contribution < -0.4 is 5.32 Å². The number of nitro groups is 1. The van der Waals surface area contributed by atoms with Gasteiger partial charge in [0.25, 0.3) is 11.6 Å². The summed E-state index contributed by atoms with van der Waals surface area (Å²) in [6.45, 7) is 2.61. The van der Waals surface area contributed by atoms with Crippen LogP contribution in [0.2, 0.25) is 0 Å². The van der Waals surface area contributed by atoms with Crippen molar-refractivity contribution >= 4 is 23.4 Å². The first-order valence-electron chi connectivity index (χ1n) is 8.40. The molecule has 2 aromatic carbocycles. The molecule has 1 heterocycles. The number of amides is 2. The van der Waals surface area contributed by atoms with Crippen LogP contribution in [0.15, 0.2) is 36.4 Å². The number of nitro benzene ring substituents is 1. The van der Waals surface area contributed by atoms with Gasteiger partial charge >= 0.3 is 6.09 Å². The van der Waals surface area contributed by atoms with Gasteiger partial charge in [0.1, 0.15) is 0 Å². The van der Waals surface area contributed by atoms with Crippen LogP contribution in [0.3, 0.4) is 0 Å². The van der Waals surface area contributed by atoms with Crippen LogP contribution in [-0.2, 0) is 17.7 Å². The molecule has 1 N–H and O–H groups in total. The van der Waals surface area contributed by atoms with Crippen LogP contribution in [0.25, 0.3) is 0 Å². The molecule has 0 saturated heterocycles. The van der Waals surface area contributed by atoms with Crippen molar-refractivity contribution in [3.05, 3.63) is 68.8 Å². The summed E-state index contributed by atoms with van der Waals surface area (Å²) < 4.78 is 4.76. The van der Waals surface area contributed by atoms with Crippen molar-refractivity contribution in [1.82, 2.24) is 4.90 Å². The Bertz CT molecular complexity index is 926. The highest BCUT2D eigenvalue weighted by Crippen LogP contribution is 2.24. The smallest absolute Gasteiger partial charge is 0.409 e. The number of nitrogens with one attached hydrogen (secondary N) is 1. The molecule has 8 nitrogen and oxygen atoms in total. The zero-order valence-corrected chi connectivity index (χ0v) is 15.0. The van der Waals surface area contributed by atoms with Gasteiger partial charge in [-0.05, 0) is 42.7 Å². The van der Waals surface area contributed by atoms with Gasteiger partial charge in [0, 0.05) is 36.0 Å². The van der Waals surface area contributed by atoms with Crippen molar-refractivity contribution in [3.63, 3.8) is 0 Å². The SMILES string of the molecule is COC(=O)N1CCc2ccc(NC(=O)c3ccc(C)c([N+](=O)[O-])c3)cc2C1. The van der Waals surface area contributed by atoms with Gasteiger partial charge in [-0.25, -0.2) is 4.79 Å². The van der Waals surface area contributed by atoms with Crippen molar-refractivity contribution in [2.24, 2.45) is 0 Å². The molecule has 0 spiro atoms. The first kappa shape index (κ1) is 18.4. The summed E-state index contributed by atoms with van der Waals surface area (Å²) in [4.78, 5) is 36.3. The predicted molar refractivity (Wildman–Crippen MR) is 98.7 cm³/mol. The van der Waals surface area contributed by atoms with E-state index in [4.69, 9.17) is 4.74 Å². The molecular weight excluding hydrogens is 350 g/mol. The van der Waals surface area contributed by atoms with Crippen molar-refractivity contribution in [2.75, 3.05) is 19.0 Å². The average Bonchev–Trinajstić information content (AvgIpc) is 2.66. The minimum atomic E-state index is -0.508. The van der Waals surface area contributed by atoms with Crippen LogP contribution in [0.4, 0.5) is 16.2 Å². The molecule has 0 atom stereocenters. The largest absolute Gasteiger partial charge is 0.453 e. The van der Waals surface area contributed by atoms with E-state index in [1.165, 1.54) is 13.2 Å². The molecule has 1 aliphatic rings. The second-order valence-corrected chi connectivity index (χ2v) is 6.34. The molecule has 2 aromatic rings. The molecule has 3 rings (SSSR count). The number of hydrogen-bond donors (Lipinski definition) is 1. The third kappa shape index (κ3) is 3.89. The number of ether oxygens (including phenoxy) is 1. The van der Waals surface area contributed by atoms with E-state index in [9.17, 15) is 19.7 Å². The van der Waals surface area contributed by atoms with Gasteiger partial charge in [0.2, 0.25) is 0 Å². The second kappa shape index (κ2) is 7.45. The summed E-state index contributed by atoms with van der Waals surface area (Å²) in [5.74, 6) is -0.432. The van der Waals surface area contributed by atoms with Gasteiger partial charge in [-0.3, -0.25) is 14.9 Å². The lowest BCUT2D eigenvalue weighted by Crippen LogP contribution is -2.35. The number of methoxy groups -OCH3 is 1. The number of carbonyl (C=O) groups excluding carboxylic acids is 2. The minimum Gasteiger partial charge on any atom is -0.453 e. The summed E-state index contributed by atoms with van der Waals surface area (Å²) in [6.07, 6.45) is 0.324. The molecule has 8 heteroatoms. The highest BCUT2D eigenvalue weighted by atomic mass is 16.6. The maximum Gasteiger partial charge on any atom is 0.409 e. The van der Waals surface area contributed by atoms with Crippen molar-refractivity contribution in [3.8, 4) is 0 Å². The fraction of sp³-hybridized carbons (Fsp3) is 0.263. The van der Waals surface area contributed by atoms with E-state index in [0.717, 1.165) is 11.1 Å². The molecular formula is C19H19N3O5. The molecule has 0 aliphatic carbocycles. The summed E-state index contributed by atoms with van der Waals surface area (Å²) >= 11 is 0. The predicted octanol–water partition coefficient (Wildman–Crippen LogP) is 3.28. The number of fused-ring (bicyclic) bond motifs is 1. The topological polar surface area (TPSA) is 102 Å². The molecule has 0 unspecified atom stereocenters. The zero-order chi connectivity index (χ0) is 19.6. The Morgan fingerprint density at radius 1 is 1.19 bits per heavy atom. The van der Waals surface area contributed by atoms with Gasteiger partial charge in [-0.1, -0.05) is 12.1 Å². The minimum absolute atomic E-state index is 0.0955. The van der Waals surface area contributed by atoms with E-state index in [2.05, 4.69) is 5.32 Å². The number of anilines is 1. The lowest BCUT2D eigenvalue weighted by Gasteiger charge is -2.28. The van der Waals surface area contributed by atoms with E-state index in [-0.39, 0.29) is 17.3 Å². The molecule has 27 heavy (non-hydrogen) atoms. The van der Waals surface area contributed by atoms with Gasteiger partial charge < -0.3 is 15.0 Å².